The number of nitrogens with zero attached hydrogens (tertiary/aromatic N) is 4. The van der Waals surface area contributed by atoms with Gasteiger partial charge in [0, 0.05) is 39.6 Å². The topological polar surface area (TPSA) is 52.2 Å². The Labute approximate surface area is 233 Å². The maximum absolute atomic E-state index is 13.5. The van der Waals surface area contributed by atoms with Crippen LogP contribution in [0.4, 0.5) is 0 Å². The van der Waals surface area contributed by atoms with Gasteiger partial charge in [-0.05, 0) is 55.3 Å². The molecular weight excluding hydrogens is 571 g/mol. The van der Waals surface area contributed by atoms with Crippen molar-refractivity contribution in [3.8, 4) is 0 Å². The van der Waals surface area contributed by atoms with Crippen LogP contribution < -0.4 is 5.56 Å². The normalized spacial score (nSPS) is 11.8. The predicted molar refractivity (Wildman–Crippen MR) is 158 cm³/mol. The molecule has 0 saturated heterocycles. The van der Waals surface area contributed by atoms with Crippen LogP contribution in [0.2, 0.25) is 10.0 Å². The van der Waals surface area contributed by atoms with Crippen LogP contribution in [0.15, 0.2) is 75.0 Å². The molecule has 0 bridgehead atoms. The van der Waals surface area contributed by atoms with Gasteiger partial charge in [0.15, 0.2) is 0 Å². The van der Waals surface area contributed by atoms with E-state index in [0.717, 1.165) is 45.0 Å². The molecule has 188 valence electrons. The van der Waals surface area contributed by atoms with Crippen molar-refractivity contribution in [2.45, 2.75) is 39.7 Å². The first kappa shape index (κ1) is 25.7. The number of aromatic nitrogens is 3. The summed E-state index contributed by atoms with van der Waals surface area (Å²) in [4.78, 5) is 18.3. The SMILES string of the molecule is CCCCc1nc2ccc(Br)cc2c(=O)n1N=Cc1c(C)n(Cc2ccc(Cl)c(Cl)c2)c2ccccc12. The molecule has 0 aliphatic heterocycles. The highest BCUT2D eigenvalue weighted by molar-refractivity contribution is 9.10. The number of fused-ring (bicyclic) bond motifs is 2. The molecule has 8 heteroatoms. The highest BCUT2D eigenvalue weighted by Gasteiger charge is 2.15. The fourth-order valence-electron chi connectivity index (χ4n) is 4.57. The van der Waals surface area contributed by atoms with Gasteiger partial charge in [0.05, 0.1) is 27.2 Å². The molecule has 0 saturated carbocycles. The van der Waals surface area contributed by atoms with E-state index in [4.69, 9.17) is 33.3 Å². The van der Waals surface area contributed by atoms with Crippen molar-refractivity contribution in [1.82, 2.24) is 14.2 Å². The molecule has 3 aromatic carbocycles. The van der Waals surface area contributed by atoms with Crippen LogP contribution in [-0.2, 0) is 13.0 Å². The molecule has 5 aromatic rings. The molecule has 0 fully saturated rings. The number of benzene rings is 3. The molecule has 0 unspecified atom stereocenters. The van der Waals surface area contributed by atoms with Crippen LogP contribution in [0.3, 0.4) is 0 Å². The Balaban J connectivity index is 1.63. The molecule has 0 N–H and O–H groups in total. The number of para-hydroxylation sites is 1. The van der Waals surface area contributed by atoms with Gasteiger partial charge in [-0.15, -0.1) is 0 Å². The van der Waals surface area contributed by atoms with E-state index < -0.39 is 0 Å². The molecule has 2 heterocycles. The highest BCUT2D eigenvalue weighted by atomic mass is 79.9. The van der Waals surface area contributed by atoms with E-state index in [9.17, 15) is 4.79 Å². The Bertz CT molecular complexity index is 1720. The first-order chi connectivity index (χ1) is 17.9. The fraction of sp³-hybridized carbons (Fsp3) is 0.207. The van der Waals surface area contributed by atoms with E-state index in [-0.39, 0.29) is 5.56 Å². The van der Waals surface area contributed by atoms with Gasteiger partial charge in [0.2, 0.25) is 0 Å². The zero-order chi connectivity index (χ0) is 26.1. The molecule has 5 nitrogen and oxygen atoms in total. The number of halogens is 3. The lowest BCUT2D eigenvalue weighted by Crippen LogP contribution is -2.22. The van der Waals surface area contributed by atoms with Gasteiger partial charge in [0.25, 0.3) is 5.56 Å². The van der Waals surface area contributed by atoms with Gasteiger partial charge >= 0.3 is 0 Å². The van der Waals surface area contributed by atoms with E-state index in [2.05, 4.69) is 46.5 Å². The van der Waals surface area contributed by atoms with Crippen LogP contribution in [-0.4, -0.2) is 20.4 Å². The zero-order valence-corrected chi connectivity index (χ0v) is 23.6. The molecule has 0 radical (unpaired) electrons. The lowest BCUT2D eigenvalue weighted by atomic mass is 10.1. The summed E-state index contributed by atoms with van der Waals surface area (Å²) in [7, 11) is 0. The second-order valence-corrected chi connectivity index (χ2v) is 10.7. The molecular formula is C29H25BrCl2N4O. The summed E-state index contributed by atoms with van der Waals surface area (Å²) in [6.45, 7) is 4.82. The van der Waals surface area contributed by atoms with Crippen molar-refractivity contribution in [3.63, 3.8) is 0 Å². The second kappa shape index (κ2) is 10.8. The Hall–Kier alpha value is -2.93. The van der Waals surface area contributed by atoms with Crippen LogP contribution in [0.5, 0.6) is 0 Å². The van der Waals surface area contributed by atoms with Gasteiger partial charge in [0.1, 0.15) is 5.82 Å². The third-order valence-electron chi connectivity index (χ3n) is 6.54. The van der Waals surface area contributed by atoms with Crippen molar-refractivity contribution in [2.75, 3.05) is 0 Å². The lowest BCUT2D eigenvalue weighted by Gasteiger charge is -2.10. The molecule has 0 aliphatic rings. The van der Waals surface area contributed by atoms with Crippen LogP contribution >= 0.6 is 39.1 Å². The van der Waals surface area contributed by atoms with Crippen LogP contribution in [0, 0.1) is 6.92 Å². The first-order valence-corrected chi connectivity index (χ1v) is 13.7. The van der Waals surface area contributed by atoms with E-state index in [1.807, 2.05) is 42.5 Å². The molecule has 2 aromatic heterocycles. The zero-order valence-electron chi connectivity index (χ0n) is 20.5. The average Bonchev–Trinajstić information content (AvgIpc) is 3.15. The first-order valence-electron chi connectivity index (χ1n) is 12.1. The monoisotopic (exact) mass is 594 g/mol. The Morgan fingerprint density at radius 3 is 2.62 bits per heavy atom. The number of aryl methyl sites for hydroxylation is 1. The summed E-state index contributed by atoms with van der Waals surface area (Å²) >= 11 is 15.9. The van der Waals surface area contributed by atoms with Crippen molar-refractivity contribution in [2.24, 2.45) is 5.10 Å². The third kappa shape index (κ3) is 5.11. The minimum absolute atomic E-state index is 0.175. The van der Waals surface area contributed by atoms with Crippen molar-refractivity contribution < 1.29 is 0 Å². The van der Waals surface area contributed by atoms with Gasteiger partial charge in [-0.1, -0.05) is 76.7 Å². The second-order valence-electron chi connectivity index (χ2n) is 9.01. The molecule has 0 aliphatic carbocycles. The van der Waals surface area contributed by atoms with Crippen molar-refractivity contribution in [1.29, 1.82) is 0 Å². The maximum Gasteiger partial charge on any atom is 0.282 e. The summed E-state index contributed by atoms with van der Waals surface area (Å²) in [6.07, 6.45) is 4.38. The van der Waals surface area contributed by atoms with Crippen molar-refractivity contribution in [3.05, 3.63) is 108 Å². The number of unbranched alkanes of at least 4 members (excludes halogenated alkanes) is 1. The summed E-state index contributed by atoms with van der Waals surface area (Å²) < 4.78 is 4.51. The van der Waals surface area contributed by atoms with Gasteiger partial charge in [-0.2, -0.15) is 9.78 Å². The van der Waals surface area contributed by atoms with Gasteiger partial charge < -0.3 is 4.57 Å². The lowest BCUT2D eigenvalue weighted by molar-refractivity contribution is 0.675. The standard InChI is InChI=1S/C29H25BrCl2N4O/c1-3-4-9-28-34-26-13-11-20(30)15-22(26)29(37)36(28)33-16-23-18(2)35(27-8-6-5-7-21(23)27)17-19-10-12-24(31)25(32)14-19/h5-8,10-16H,3-4,9,17H2,1-2H3. The Kier molecular flexibility index (Phi) is 7.52. The highest BCUT2D eigenvalue weighted by Crippen LogP contribution is 2.28. The van der Waals surface area contributed by atoms with Gasteiger partial charge in [-0.25, -0.2) is 4.98 Å². The van der Waals surface area contributed by atoms with Gasteiger partial charge in [-0.3, -0.25) is 4.79 Å². The molecule has 37 heavy (non-hydrogen) atoms. The third-order valence-corrected chi connectivity index (χ3v) is 7.77. The number of hydrogen-bond donors (Lipinski definition) is 0. The van der Waals surface area contributed by atoms with Crippen molar-refractivity contribution >= 4 is 67.2 Å². The van der Waals surface area contributed by atoms with E-state index in [1.54, 1.807) is 12.3 Å². The maximum atomic E-state index is 13.5. The van der Waals surface area contributed by atoms with E-state index >= 15 is 0 Å². The summed E-state index contributed by atoms with van der Waals surface area (Å²) in [5, 5.41) is 7.37. The minimum atomic E-state index is -0.175. The quantitative estimate of drug-likeness (QED) is 0.179. The smallest absolute Gasteiger partial charge is 0.282 e. The number of hydrogen-bond acceptors (Lipinski definition) is 3. The fourth-order valence-corrected chi connectivity index (χ4v) is 5.25. The van der Waals surface area contributed by atoms with Crippen LogP contribution in [0.25, 0.3) is 21.8 Å². The molecule has 0 spiro atoms. The summed E-state index contributed by atoms with van der Waals surface area (Å²) in [6, 6.07) is 19.5. The molecule has 0 atom stereocenters. The van der Waals surface area contributed by atoms with E-state index in [0.29, 0.717) is 39.7 Å². The number of rotatable bonds is 7. The Morgan fingerprint density at radius 2 is 1.84 bits per heavy atom. The van der Waals surface area contributed by atoms with Crippen LogP contribution in [0.1, 0.15) is 42.4 Å². The summed E-state index contributed by atoms with van der Waals surface area (Å²) in [5.41, 5.74) is 4.62. The average molecular weight is 596 g/mol. The van der Waals surface area contributed by atoms with E-state index in [1.165, 1.54) is 4.68 Å². The Morgan fingerprint density at radius 1 is 1.03 bits per heavy atom. The molecule has 5 rings (SSSR count). The largest absolute Gasteiger partial charge is 0.340 e. The minimum Gasteiger partial charge on any atom is -0.340 e. The predicted octanol–water partition coefficient (Wildman–Crippen LogP) is 8.00. The molecule has 0 amide bonds. The summed E-state index contributed by atoms with van der Waals surface area (Å²) in [5.74, 6) is 0.662.